The molecule has 2 saturated carbocycles. The molecule has 0 unspecified atom stereocenters. The van der Waals surface area contributed by atoms with Crippen LogP contribution in [0.4, 0.5) is 13.2 Å². The van der Waals surface area contributed by atoms with Crippen molar-refractivity contribution in [2.45, 2.75) is 103 Å². The Kier molecular flexibility index (Phi) is 9.19. The summed E-state index contributed by atoms with van der Waals surface area (Å²) in [6.07, 6.45) is 11.9. The van der Waals surface area contributed by atoms with E-state index in [0.29, 0.717) is 12.2 Å². The minimum atomic E-state index is -0.848. The van der Waals surface area contributed by atoms with Gasteiger partial charge in [0.1, 0.15) is 5.82 Å². The number of ether oxygens (including phenoxy) is 1. The van der Waals surface area contributed by atoms with Crippen LogP contribution < -0.4 is 4.74 Å². The second kappa shape index (κ2) is 12.3. The maximum absolute atomic E-state index is 14.9. The molecule has 192 valence electrons. The van der Waals surface area contributed by atoms with Gasteiger partial charge in [0.25, 0.3) is 0 Å². The molecule has 0 spiro atoms. The molecular weight excluding hydrogens is 445 g/mol. The first-order chi connectivity index (χ1) is 17.0. The zero-order chi connectivity index (χ0) is 24.8. The maximum Gasteiger partial charge on any atom is 0.200 e. The first kappa shape index (κ1) is 26.1. The average Bonchev–Trinajstić information content (AvgIpc) is 2.89. The molecule has 0 atom stereocenters. The van der Waals surface area contributed by atoms with E-state index in [4.69, 9.17) is 4.74 Å². The topological polar surface area (TPSA) is 9.23 Å². The van der Waals surface area contributed by atoms with Crippen LogP contribution in [-0.2, 0) is 6.42 Å². The van der Waals surface area contributed by atoms with Crippen LogP contribution in [0.2, 0.25) is 0 Å². The minimum Gasteiger partial charge on any atom is -0.490 e. The van der Waals surface area contributed by atoms with Gasteiger partial charge in [-0.25, -0.2) is 8.78 Å². The van der Waals surface area contributed by atoms with E-state index in [0.717, 1.165) is 87.7 Å². The molecule has 0 amide bonds. The summed E-state index contributed by atoms with van der Waals surface area (Å²) in [6.45, 7) is 4.72. The Morgan fingerprint density at radius 1 is 0.743 bits per heavy atom. The Morgan fingerprint density at radius 3 is 2.00 bits per heavy atom. The molecule has 2 aromatic carbocycles. The highest BCUT2D eigenvalue weighted by Crippen LogP contribution is 2.40. The first-order valence-corrected chi connectivity index (χ1v) is 13.9. The maximum atomic E-state index is 14.9. The zero-order valence-electron chi connectivity index (χ0n) is 21.4. The Hall–Kier alpha value is -1.97. The molecule has 0 saturated heterocycles. The summed E-state index contributed by atoms with van der Waals surface area (Å²) >= 11 is 0. The van der Waals surface area contributed by atoms with Crippen molar-refractivity contribution in [2.75, 3.05) is 6.61 Å². The predicted octanol–water partition coefficient (Wildman–Crippen LogP) is 9.48. The van der Waals surface area contributed by atoms with Crippen LogP contribution in [0.15, 0.2) is 30.3 Å². The highest BCUT2D eigenvalue weighted by atomic mass is 19.2. The van der Waals surface area contributed by atoms with E-state index >= 15 is 0 Å². The summed E-state index contributed by atoms with van der Waals surface area (Å²) in [4.78, 5) is 0. The van der Waals surface area contributed by atoms with E-state index in [2.05, 4.69) is 19.9 Å². The van der Waals surface area contributed by atoms with Gasteiger partial charge in [-0.15, -0.1) is 0 Å². The van der Waals surface area contributed by atoms with Crippen molar-refractivity contribution >= 4 is 0 Å². The van der Waals surface area contributed by atoms with Crippen LogP contribution in [-0.4, -0.2) is 6.61 Å². The molecule has 4 heteroatoms. The summed E-state index contributed by atoms with van der Waals surface area (Å²) in [5, 5.41) is 0. The van der Waals surface area contributed by atoms with E-state index in [9.17, 15) is 13.2 Å². The van der Waals surface area contributed by atoms with E-state index in [1.54, 1.807) is 18.2 Å². The largest absolute Gasteiger partial charge is 0.490 e. The number of aryl methyl sites for hydroxylation is 1. The lowest BCUT2D eigenvalue weighted by Crippen LogP contribution is -2.20. The Bertz CT molecular complexity index is 956. The van der Waals surface area contributed by atoms with Gasteiger partial charge in [0, 0.05) is 0 Å². The van der Waals surface area contributed by atoms with E-state index in [-0.39, 0.29) is 29.3 Å². The van der Waals surface area contributed by atoms with Gasteiger partial charge in [-0.3, -0.25) is 0 Å². The predicted molar refractivity (Wildman–Crippen MR) is 137 cm³/mol. The van der Waals surface area contributed by atoms with Crippen LogP contribution >= 0.6 is 0 Å². The molecule has 2 fully saturated rings. The fraction of sp³-hybridized carbons (Fsp3) is 0.613. The third-order valence-electron chi connectivity index (χ3n) is 8.59. The highest BCUT2D eigenvalue weighted by molar-refractivity contribution is 5.33. The number of halogens is 3. The quantitative estimate of drug-likeness (QED) is 0.343. The van der Waals surface area contributed by atoms with E-state index in [1.807, 2.05) is 6.07 Å². The first-order valence-electron chi connectivity index (χ1n) is 13.9. The molecular formula is C31H41F3O. The second-order valence-electron chi connectivity index (χ2n) is 10.9. The van der Waals surface area contributed by atoms with Gasteiger partial charge in [-0.2, -0.15) is 4.39 Å². The van der Waals surface area contributed by atoms with Gasteiger partial charge in [0.2, 0.25) is 5.82 Å². The molecule has 0 aromatic heterocycles. The van der Waals surface area contributed by atoms with E-state index in [1.165, 1.54) is 6.42 Å². The van der Waals surface area contributed by atoms with Crippen LogP contribution in [0.1, 0.15) is 113 Å². The van der Waals surface area contributed by atoms with Crippen molar-refractivity contribution in [3.8, 4) is 5.75 Å². The van der Waals surface area contributed by atoms with Crippen molar-refractivity contribution in [1.29, 1.82) is 0 Å². The van der Waals surface area contributed by atoms with Gasteiger partial charge in [0.15, 0.2) is 11.6 Å². The summed E-state index contributed by atoms with van der Waals surface area (Å²) < 4.78 is 50.2. The zero-order valence-corrected chi connectivity index (χ0v) is 21.4. The lowest BCUT2D eigenvalue weighted by atomic mass is 9.77. The second-order valence-corrected chi connectivity index (χ2v) is 10.9. The molecule has 4 rings (SSSR count). The van der Waals surface area contributed by atoms with Crippen molar-refractivity contribution in [1.82, 2.24) is 0 Å². The van der Waals surface area contributed by atoms with Crippen LogP contribution in [0, 0.1) is 29.3 Å². The fourth-order valence-corrected chi connectivity index (χ4v) is 6.14. The monoisotopic (exact) mass is 486 g/mol. The smallest absolute Gasteiger partial charge is 0.200 e. The Labute approximate surface area is 209 Å². The number of rotatable bonds is 9. The third kappa shape index (κ3) is 6.43. The van der Waals surface area contributed by atoms with Gasteiger partial charge < -0.3 is 4.74 Å². The van der Waals surface area contributed by atoms with Crippen LogP contribution in [0.25, 0.3) is 0 Å². The molecule has 2 aliphatic carbocycles. The summed E-state index contributed by atoms with van der Waals surface area (Å²) in [6, 6.07) is 9.09. The van der Waals surface area contributed by atoms with Crippen LogP contribution in [0.5, 0.6) is 5.75 Å². The summed E-state index contributed by atoms with van der Waals surface area (Å²) in [5.74, 6) is -0.310. The molecule has 0 N–H and O–H groups in total. The summed E-state index contributed by atoms with van der Waals surface area (Å²) in [7, 11) is 0. The van der Waals surface area contributed by atoms with Crippen molar-refractivity contribution < 1.29 is 17.9 Å². The van der Waals surface area contributed by atoms with E-state index < -0.39 is 11.6 Å². The number of hydrogen-bond acceptors (Lipinski definition) is 1. The van der Waals surface area contributed by atoms with Crippen LogP contribution in [0.3, 0.4) is 0 Å². The number of unbranched alkanes of at least 4 members (excludes halogenated alkanes) is 1. The third-order valence-corrected chi connectivity index (χ3v) is 8.59. The molecule has 0 radical (unpaired) electrons. The molecule has 35 heavy (non-hydrogen) atoms. The van der Waals surface area contributed by atoms with Crippen molar-refractivity contribution in [3.63, 3.8) is 0 Å². The summed E-state index contributed by atoms with van der Waals surface area (Å²) in [5.41, 5.74) is 2.40. The average molecular weight is 487 g/mol. The molecule has 0 heterocycles. The van der Waals surface area contributed by atoms with Gasteiger partial charge in [-0.1, -0.05) is 44.9 Å². The lowest BCUT2D eigenvalue weighted by molar-refractivity contribution is 0.191. The Balaban J connectivity index is 1.28. The minimum absolute atomic E-state index is 0.0179. The van der Waals surface area contributed by atoms with Gasteiger partial charge in [0.05, 0.1) is 6.61 Å². The number of benzene rings is 2. The number of hydrogen-bond donors (Lipinski definition) is 0. The van der Waals surface area contributed by atoms with Gasteiger partial charge in [-0.05, 0) is 117 Å². The molecule has 2 aromatic rings. The Morgan fingerprint density at radius 2 is 1.37 bits per heavy atom. The van der Waals surface area contributed by atoms with Crippen molar-refractivity contribution in [3.05, 3.63) is 64.5 Å². The highest BCUT2D eigenvalue weighted by Gasteiger charge is 2.28. The van der Waals surface area contributed by atoms with Crippen molar-refractivity contribution in [2.24, 2.45) is 11.8 Å². The standard InChI is InChI=1S/C31H41F3O/c1-3-5-6-22-11-16-26(28(32)19-22)24-14-9-23(10-15-24)20-35-29-18-17-27(30(33)31(29)34)25-12-7-21(4-2)8-13-25/h11,16-19,21,23-25H,3-10,12-15,20H2,1-2H3. The normalized spacial score (nSPS) is 24.9. The molecule has 0 bridgehead atoms. The fourth-order valence-electron chi connectivity index (χ4n) is 6.14. The van der Waals surface area contributed by atoms with Gasteiger partial charge >= 0.3 is 0 Å². The lowest BCUT2D eigenvalue weighted by Gasteiger charge is -2.29. The SMILES string of the molecule is CCCCc1ccc(C2CCC(COc3ccc(C4CCC(CC)CC4)c(F)c3F)CC2)c(F)c1. The molecule has 1 nitrogen and oxygen atoms in total. The molecule has 2 aliphatic rings. The molecule has 0 aliphatic heterocycles.